The van der Waals surface area contributed by atoms with Gasteiger partial charge in [0.2, 0.25) is 5.95 Å². The van der Waals surface area contributed by atoms with Gasteiger partial charge in [-0.1, -0.05) is 23.7 Å². The van der Waals surface area contributed by atoms with Crippen LogP contribution >= 0.6 is 11.6 Å². The molecular weight excluding hydrogens is 362 g/mol. The Bertz CT molecular complexity index is 876. The van der Waals surface area contributed by atoms with Gasteiger partial charge in [-0.15, -0.1) is 0 Å². The fraction of sp³-hybridized carbons (Fsp3) is 0.350. The van der Waals surface area contributed by atoms with Crippen LogP contribution in [0.5, 0.6) is 0 Å². The standard InChI is InChI=1S/C20H24ClN5O/c1-14(2)27-12-4-9-23-20-24-13-17(15-5-7-16(21)8-6-15)18(25-20)19-22-10-11-26(19)3/h5-8,10-11,13-14H,4,9,12H2,1-3H3,(H,23,24,25). The lowest BCUT2D eigenvalue weighted by Gasteiger charge is -2.12. The molecule has 0 saturated heterocycles. The number of imidazole rings is 1. The average molecular weight is 386 g/mol. The van der Waals surface area contributed by atoms with E-state index in [2.05, 4.69) is 15.3 Å². The molecular formula is C20H24ClN5O. The number of rotatable bonds is 8. The highest BCUT2D eigenvalue weighted by Gasteiger charge is 2.15. The number of aromatic nitrogens is 4. The van der Waals surface area contributed by atoms with Crippen LogP contribution in [0.15, 0.2) is 42.9 Å². The summed E-state index contributed by atoms with van der Waals surface area (Å²) < 4.78 is 7.51. The Morgan fingerprint density at radius 3 is 2.63 bits per heavy atom. The Morgan fingerprint density at radius 2 is 1.96 bits per heavy atom. The van der Waals surface area contributed by atoms with E-state index in [-0.39, 0.29) is 6.10 Å². The maximum atomic E-state index is 6.02. The Kier molecular flexibility index (Phi) is 6.42. The van der Waals surface area contributed by atoms with Crippen molar-refractivity contribution >= 4 is 17.5 Å². The molecule has 7 heteroatoms. The minimum absolute atomic E-state index is 0.245. The smallest absolute Gasteiger partial charge is 0.223 e. The van der Waals surface area contributed by atoms with Gasteiger partial charge in [0.25, 0.3) is 0 Å². The van der Waals surface area contributed by atoms with Crippen LogP contribution in [-0.4, -0.2) is 38.8 Å². The number of anilines is 1. The van der Waals surface area contributed by atoms with Crippen molar-refractivity contribution in [2.75, 3.05) is 18.5 Å². The van der Waals surface area contributed by atoms with Crippen molar-refractivity contribution in [1.82, 2.24) is 19.5 Å². The summed E-state index contributed by atoms with van der Waals surface area (Å²) >= 11 is 6.02. The number of hydrogen-bond donors (Lipinski definition) is 1. The quantitative estimate of drug-likeness (QED) is 0.581. The van der Waals surface area contributed by atoms with Crippen LogP contribution in [0.4, 0.5) is 5.95 Å². The predicted molar refractivity (Wildman–Crippen MR) is 109 cm³/mol. The highest BCUT2D eigenvalue weighted by Crippen LogP contribution is 2.30. The first-order chi connectivity index (χ1) is 13.0. The van der Waals surface area contributed by atoms with E-state index in [1.165, 1.54) is 0 Å². The summed E-state index contributed by atoms with van der Waals surface area (Å²) in [6.45, 7) is 5.52. The first-order valence-electron chi connectivity index (χ1n) is 9.00. The zero-order valence-corrected chi connectivity index (χ0v) is 16.6. The minimum atomic E-state index is 0.245. The third-order valence-corrected chi connectivity index (χ3v) is 4.28. The molecule has 2 heterocycles. The SMILES string of the molecule is CC(C)OCCCNc1ncc(-c2ccc(Cl)cc2)c(-c2nccn2C)n1. The van der Waals surface area contributed by atoms with Crippen LogP contribution in [0.2, 0.25) is 5.02 Å². The van der Waals surface area contributed by atoms with E-state index in [1.54, 1.807) is 6.20 Å². The average Bonchev–Trinajstić information content (AvgIpc) is 3.08. The largest absolute Gasteiger partial charge is 0.379 e. The second-order valence-electron chi connectivity index (χ2n) is 6.52. The summed E-state index contributed by atoms with van der Waals surface area (Å²) in [5, 5.41) is 3.96. The molecule has 1 N–H and O–H groups in total. The van der Waals surface area contributed by atoms with Crippen molar-refractivity contribution in [2.24, 2.45) is 7.05 Å². The van der Waals surface area contributed by atoms with Gasteiger partial charge in [0.05, 0.1) is 6.10 Å². The Hall–Kier alpha value is -2.44. The van der Waals surface area contributed by atoms with E-state index >= 15 is 0 Å². The highest BCUT2D eigenvalue weighted by atomic mass is 35.5. The van der Waals surface area contributed by atoms with Crippen LogP contribution in [0.25, 0.3) is 22.6 Å². The molecule has 0 aliphatic heterocycles. The molecule has 0 saturated carbocycles. The van der Waals surface area contributed by atoms with E-state index in [1.807, 2.05) is 62.1 Å². The van der Waals surface area contributed by atoms with E-state index in [0.717, 1.165) is 35.6 Å². The van der Waals surface area contributed by atoms with Crippen molar-refractivity contribution in [3.05, 3.63) is 47.9 Å². The van der Waals surface area contributed by atoms with Gasteiger partial charge in [-0.2, -0.15) is 0 Å². The van der Waals surface area contributed by atoms with Crippen LogP contribution in [0.3, 0.4) is 0 Å². The summed E-state index contributed by atoms with van der Waals surface area (Å²) in [6.07, 6.45) is 6.62. The lowest BCUT2D eigenvalue weighted by atomic mass is 10.1. The molecule has 6 nitrogen and oxygen atoms in total. The normalized spacial score (nSPS) is 11.1. The molecule has 0 fully saturated rings. The second-order valence-corrected chi connectivity index (χ2v) is 6.96. The first-order valence-corrected chi connectivity index (χ1v) is 9.38. The van der Waals surface area contributed by atoms with Gasteiger partial charge >= 0.3 is 0 Å². The maximum absolute atomic E-state index is 6.02. The molecule has 0 radical (unpaired) electrons. The van der Waals surface area contributed by atoms with Crippen molar-refractivity contribution in [3.8, 4) is 22.6 Å². The van der Waals surface area contributed by atoms with Crippen molar-refractivity contribution in [1.29, 1.82) is 0 Å². The Balaban J connectivity index is 1.84. The Labute approximate surface area is 164 Å². The number of nitrogens with zero attached hydrogens (tertiary/aromatic N) is 4. The van der Waals surface area contributed by atoms with Gasteiger partial charge in [-0.25, -0.2) is 15.0 Å². The predicted octanol–water partition coefficient (Wildman–Crippen LogP) is 4.42. The molecule has 0 amide bonds. The lowest BCUT2D eigenvalue weighted by Crippen LogP contribution is -2.11. The molecule has 0 atom stereocenters. The van der Waals surface area contributed by atoms with E-state index in [0.29, 0.717) is 17.6 Å². The maximum Gasteiger partial charge on any atom is 0.223 e. The minimum Gasteiger partial charge on any atom is -0.379 e. The summed E-state index contributed by atoms with van der Waals surface area (Å²) in [7, 11) is 1.95. The van der Waals surface area contributed by atoms with Gasteiger partial charge in [0.1, 0.15) is 5.69 Å². The number of hydrogen-bond acceptors (Lipinski definition) is 5. The molecule has 3 rings (SSSR count). The second kappa shape index (κ2) is 8.97. The number of benzene rings is 1. The van der Waals surface area contributed by atoms with Crippen LogP contribution in [0.1, 0.15) is 20.3 Å². The monoisotopic (exact) mass is 385 g/mol. The third-order valence-electron chi connectivity index (χ3n) is 4.03. The number of halogens is 1. The van der Waals surface area contributed by atoms with Gasteiger partial charge in [-0.3, -0.25) is 0 Å². The molecule has 142 valence electrons. The third kappa shape index (κ3) is 5.05. The molecule has 0 aliphatic rings. The van der Waals surface area contributed by atoms with E-state index in [4.69, 9.17) is 21.3 Å². The fourth-order valence-electron chi connectivity index (χ4n) is 2.66. The van der Waals surface area contributed by atoms with E-state index in [9.17, 15) is 0 Å². The van der Waals surface area contributed by atoms with Gasteiger partial charge in [-0.05, 0) is 38.0 Å². The summed E-state index contributed by atoms with van der Waals surface area (Å²) in [6, 6.07) is 7.65. The summed E-state index contributed by atoms with van der Waals surface area (Å²) in [5.74, 6) is 1.36. The van der Waals surface area contributed by atoms with Gasteiger partial charge in [0.15, 0.2) is 5.82 Å². The topological polar surface area (TPSA) is 64.9 Å². The molecule has 0 bridgehead atoms. The lowest BCUT2D eigenvalue weighted by molar-refractivity contribution is 0.0787. The highest BCUT2D eigenvalue weighted by molar-refractivity contribution is 6.30. The van der Waals surface area contributed by atoms with Crippen molar-refractivity contribution in [2.45, 2.75) is 26.4 Å². The van der Waals surface area contributed by atoms with Crippen LogP contribution < -0.4 is 5.32 Å². The summed E-state index contributed by atoms with van der Waals surface area (Å²) in [4.78, 5) is 13.7. The molecule has 1 aromatic carbocycles. The molecule has 0 spiro atoms. The van der Waals surface area contributed by atoms with Crippen molar-refractivity contribution < 1.29 is 4.74 Å². The molecule has 27 heavy (non-hydrogen) atoms. The van der Waals surface area contributed by atoms with Gasteiger partial charge < -0.3 is 14.6 Å². The Morgan fingerprint density at radius 1 is 1.19 bits per heavy atom. The first kappa shape index (κ1) is 19.3. The van der Waals surface area contributed by atoms with Gasteiger partial charge in [0, 0.05) is 49.4 Å². The molecule has 3 aromatic rings. The number of ether oxygens (including phenoxy) is 1. The molecule has 0 aliphatic carbocycles. The van der Waals surface area contributed by atoms with Crippen LogP contribution in [0, 0.1) is 0 Å². The fourth-order valence-corrected chi connectivity index (χ4v) is 2.79. The zero-order chi connectivity index (χ0) is 19.2. The van der Waals surface area contributed by atoms with Crippen molar-refractivity contribution in [3.63, 3.8) is 0 Å². The molecule has 0 unspecified atom stereocenters. The van der Waals surface area contributed by atoms with E-state index < -0.39 is 0 Å². The number of aryl methyl sites for hydroxylation is 1. The zero-order valence-electron chi connectivity index (χ0n) is 15.8. The number of nitrogens with one attached hydrogen (secondary N) is 1. The molecule has 2 aromatic heterocycles. The van der Waals surface area contributed by atoms with Crippen LogP contribution in [-0.2, 0) is 11.8 Å². The summed E-state index contributed by atoms with van der Waals surface area (Å²) in [5.41, 5.74) is 2.68.